The molecule has 0 atom stereocenters. The van der Waals surface area contributed by atoms with Gasteiger partial charge in [-0.3, -0.25) is 9.59 Å². The van der Waals surface area contributed by atoms with Crippen molar-refractivity contribution in [3.63, 3.8) is 0 Å². The van der Waals surface area contributed by atoms with Crippen LogP contribution < -0.4 is 0 Å². The second-order valence-electron chi connectivity index (χ2n) is 5.47. The van der Waals surface area contributed by atoms with E-state index in [0.717, 1.165) is 0 Å². The molecule has 0 amide bonds. The zero-order chi connectivity index (χ0) is 17.6. The van der Waals surface area contributed by atoms with E-state index in [2.05, 4.69) is 0 Å². The maximum absolute atomic E-state index is 12.9. The van der Waals surface area contributed by atoms with E-state index < -0.39 is 0 Å². The van der Waals surface area contributed by atoms with Crippen molar-refractivity contribution in [3.05, 3.63) is 112 Å². The van der Waals surface area contributed by atoms with Crippen LogP contribution in [-0.4, -0.2) is 11.6 Å². The van der Waals surface area contributed by atoms with Crippen LogP contribution >= 0.6 is 11.6 Å². The summed E-state index contributed by atoms with van der Waals surface area (Å²) in [6, 6.07) is 24.6. The van der Waals surface area contributed by atoms with E-state index in [-0.39, 0.29) is 17.1 Å². The molecule has 25 heavy (non-hydrogen) atoms. The highest BCUT2D eigenvalue weighted by Crippen LogP contribution is 2.22. The Morgan fingerprint density at radius 3 is 1.56 bits per heavy atom. The summed E-state index contributed by atoms with van der Waals surface area (Å²) < 4.78 is 0. The second-order valence-corrected chi connectivity index (χ2v) is 5.88. The zero-order valence-corrected chi connectivity index (χ0v) is 14.1. The van der Waals surface area contributed by atoms with Gasteiger partial charge in [-0.15, -0.1) is 0 Å². The molecule has 0 N–H and O–H groups in total. The van der Waals surface area contributed by atoms with Crippen LogP contribution in [0.2, 0.25) is 5.02 Å². The smallest absolute Gasteiger partial charge is 0.196 e. The van der Waals surface area contributed by atoms with Crippen LogP contribution in [0.15, 0.2) is 90.5 Å². The van der Waals surface area contributed by atoms with Gasteiger partial charge in [-0.05, 0) is 17.7 Å². The molecule has 3 heteroatoms. The molecule has 2 nitrogen and oxygen atoms in total. The summed E-state index contributed by atoms with van der Waals surface area (Å²) in [6.45, 7) is 0. The fraction of sp³-hybridized carbons (Fsp3) is 0. The molecule has 122 valence electrons. The van der Waals surface area contributed by atoms with Crippen molar-refractivity contribution in [1.82, 2.24) is 0 Å². The molecular weight excluding hydrogens is 332 g/mol. The van der Waals surface area contributed by atoms with Crippen molar-refractivity contribution >= 4 is 29.2 Å². The van der Waals surface area contributed by atoms with Crippen molar-refractivity contribution in [3.8, 4) is 0 Å². The lowest BCUT2D eigenvalue weighted by Crippen LogP contribution is -2.13. The maximum atomic E-state index is 12.9. The molecule has 0 saturated carbocycles. The molecule has 0 fully saturated rings. The number of halogens is 1. The zero-order valence-electron chi connectivity index (χ0n) is 13.4. The van der Waals surface area contributed by atoms with Crippen LogP contribution in [-0.2, 0) is 0 Å². The van der Waals surface area contributed by atoms with Crippen LogP contribution in [0.4, 0.5) is 0 Å². The van der Waals surface area contributed by atoms with Gasteiger partial charge in [0.15, 0.2) is 11.6 Å². The van der Waals surface area contributed by atoms with Gasteiger partial charge in [0, 0.05) is 16.1 Å². The average molecular weight is 347 g/mol. The van der Waals surface area contributed by atoms with E-state index >= 15 is 0 Å². The Morgan fingerprint density at radius 2 is 1.08 bits per heavy atom. The molecule has 0 aliphatic rings. The predicted octanol–water partition coefficient (Wildman–Crippen LogP) is 5.49. The van der Waals surface area contributed by atoms with Crippen LogP contribution in [0, 0.1) is 0 Å². The number of hydrogen-bond acceptors (Lipinski definition) is 2. The first-order valence-corrected chi connectivity index (χ1v) is 8.20. The van der Waals surface area contributed by atoms with Crippen molar-refractivity contribution in [2.45, 2.75) is 0 Å². The third-order valence-electron chi connectivity index (χ3n) is 3.77. The van der Waals surface area contributed by atoms with E-state index in [1.807, 2.05) is 18.2 Å². The Morgan fingerprint density at radius 1 is 0.640 bits per heavy atom. The summed E-state index contributed by atoms with van der Waals surface area (Å²) in [5.74, 6) is -0.649. The van der Waals surface area contributed by atoms with Gasteiger partial charge < -0.3 is 0 Å². The molecule has 0 heterocycles. The van der Waals surface area contributed by atoms with Gasteiger partial charge >= 0.3 is 0 Å². The minimum Gasteiger partial charge on any atom is -0.288 e. The minimum absolute atomic E-state index is 0.0884. The normalized spacial score (nSPS) is 10.1. The molecule has 0 radical (unpaired) electrons. The number of allylic oxidation sites excluding steroid dienone is 1. The lowest BCUT2D eigenvalue weighted by molar-refractivity contribution is 0.0964. The monoisotopic (exact) mass is 346 g/mol. The summed E-state index contributed by atoms with van der Waals surface area (Å²) in [7, 11) is 0. The predicted molar refractivity (Wildman–Crippen MR) is 101 cm³/mol. The highest BCUT2D eigenvalue weighted by molar-refractivity contribution is 6.35. The fourth-order valence-corrected chi connectivity index (χ4v) is 2.66. The van der Waals surface area contributed by atoms with Gasteiger partial charge in [-0.25, -0.2) is 0 Å². The Kier molecular flexibility index (Phi) is 5.22. The standard InChI is InChI=1S/C22H15ClO2/c23-20-14-8-7-13-18(20)15-19(21(24)16-9-3-1-4-10-16)22(25)17-11-5-2-6-12-17/h1-15H. The first kappa shape index (κ1) is 16.9. The SMILES string of the molecule is O=C(C(=Cc1ccccc1Cl)C(=O)c1ccccc1)c1ccccc1. The Balaban J connectivity index is 2.10. The third kappa shape index (κ3) is 3.93. The quantitative estimate of drug-likeness (QED) is 0.265. The van der Waals surface area contributed by atoms with Gasteiger partial charge in [0.1, 0.15) is 0 Å². The summed E-state index contributed by atoms with van der Waals surface area (Å²) >= 11 is 6.20. The van der Waals surface area contributed by atoms with Gasteiger partial charge in [-0.1, -0.05) is 90.5 Å². The molecule has 0 aliphatic heterocycles. The van der Waals surface area contributed by atoms with E-state index in [1.165, 1.54) is 0 Å². The molecule has 3 aromatic rings. The molecule has 0 aliphatic carbocycles. The third-order valence-corrected chi connectivity index (χ3v) is 4.11. The van der Waals surface area contributed by atoms with E-state index in [0.29, 0.717) is 21.7 Å². The van der Waals surface area contributed by atoms with Crippen LogP contribution in [0.1, 0.15) is 26.3 Å². The summed E-state index contributed by atoms with van der Waals surface area (Å²) in [5, 5.41) is 0.488. The molecule has 3 rings (SSSR count). The molecule has 0 bridgehead atoms. The van der Waals surface area contributed by atoms with Crippen molar-refractivity contribution in [1.29, 1.82) is 0 Å². The lowest BCUT2D eigenvalue weighted by atomic mass is 9.94. The number of ketones is 2. The van der Waals surface area contributed by atoms with E-state index in [4.69, 9.17) is 11.6 Å². The molecule has 0 spiro atoms. The second kappa shape index (κ2) is 7.73. The number of carbonyl (C=O) groups is 2. The fourth-order valence-electron chi connectivity index (χ4n) is 2.47. The van der Waals surface area contributed by atoms with Gasteiger partial charge in [0.05, 0.1) is 5.57 Å². The largest absolute Gasteiger partial charge is 0.288 e. The maximum Gasteiger partial charge on any atom is 0.196 e. The molecule has 0 aromatic heterocycles. The van der Waals surface area contributed by atoms with Crippen LogP contribution in [0.5, 0.6) is 0 Å². The van der Waals surface area contributed by atoms with Crippen LogP contribution in [0.25, 0.3) is 6.08 Å². The lowest BCUT2D eigenvalue weighted by Gasteiger charge is -2.08. The minimum atomic E-state index is -0.325. The van der Waals surface area contributed by atoms with Crippen molar-refractivity contribution in [2.24, 2.45) is 0 Å². The Labute approximate surface area is 151 Å². The average Bonchev–Trinajstić information content (AvgIpc) is 2.68. The van der Waals surface area contributed by atoms with Gasteiger partial charge in [0.25, 0.3) is 0 Å². The summed E-state index contributed by atoms with van der Waals surface area (Å²) in [6.07, 6.45) is 1.56. The van der Waals surface area contributed by atoms with Crippen molar-refractivity contribution in [2.75, 3.05) is 0 Å². The number of benzene rings is 3. The number of Topliss-reactive ketones (excluding diaryl/α,β-unsaturated/α-hetero) is 2. The molecule has 0 saturated heterocycles. The number of carbonyl (C=O) groups excluding carboxylic acids is 2. The topological polar surface area (TPSA) is 34.1 Å². The molecule has 3 aromatic carbocycles. The van der Waals surface area contributed by atoms with E-state index in [1.54, 1.807) is 72.8 Å². The van der Waals surface area contributed by atoms with E-state index in [9.17, 15) is 9.59 Å². The number of rotatable bonds is 5. The van der Waals surface area contributed by atoms with Gasteiger partial charge in [0.2, 0.25) is 0 Å². The number of hydrogen-bond donors (Lipinski definition) is 0. The van der Waals surface area contributed by atoms with Gasteiger partial charge in [-0.2, -0.15) is 0 Å². The first-order valence-electron chi connectivity index (χ1n) is 7.82. The highest BCUT2D eigenvalue weighted by atomic mass is 35.5. The Bertz CT molecular complexity index is 875. The Hall–Kier alpha value is -2.97. The van der Waals surface area contributed by atoms with Crippen molar-refractivity contribution < 1.29 is 9.59 Å². The summed E-state index contributed by atoms with van der Waals surface area (Å²) in [4.78, 5) is 25.9. The summed E-state index contributed by atoms with van der Waals surface area (Å²) in [5.41, 5.74) is 1.65. The first-order chi connectivity index (χ1) is 12.2. The molecular formula is C22H15ClO2. The molecule has 0 unspecified atom stereocenters. The highest BCUT2D eigenvalue weighted by Gasteiger charge is 2.21. The van der Waals surface area contributed by atoms with Crippen LogP contribution in [0.3, 0.4) is 0 Å².